The van der Waals surface area contributed by atoms with E-state index in [0.29, 0.717) is 22.6 Å². The first-order chi connectivity index (χ1) is 18.1. The molecule has 2 atom stereocenters. The number of nitrogens with zero attached hydrogens (tertiary/aromatic N) is 2. The number of nitrogens with two attached hydrogens (primary N) is 1. The van der Waals surface area contributed by atoms with Crippen molar-refractivity contribution in [2.75, 3.05) is 11.1 Å². The number of aromatic nitrogens is 2. The van der Waals surface area contributed by atoms with Crippen molar-refractivity contribution in [2.45, 2.75) is 11.8 Å². The summed E-state index contributed by atoms with van der Waals surface area (Å²) in [5.41, 5.74) is 11.9. The molecule has 1 amide bonds. The number of nitrogen functional groups attached to an aromatic ring is 1. The number of para-hydroxylation sites is 2. The first kappa shape index (κ1) is 22.5. The number of benzene rings is 4. The third-order valence-corrected chi connectivity index (χ3v) is 6.85. The number of hydrogen-bond acceptors (Lipinski definition) is 3. The summed E-state index contributed by atoms with van der Waals surface area (Å²) in [5.74, 6) is -1.24. The lowest BCUT2D eigenvalue weighted by molar-refractivity contribution is -0.117. The highest BCUT2D eigenvalue weighted by atomic mass is 16.2. The van der Waals surface area contributed by atoms with Gasteiger partial charge in [-0.15, -0.1) is 0 Å². The van der Waals surface area contributed by atoms with E-state index in [1.54, 1.807) is 4.68 Å². The maximum absolute atomic E-state index is 13.5. The predicted molar refractivity (Wildman–Crippen MR) is 146 cm³/mol. The van der Waals surface area contributed by atoms with E-state index in [9.17, 15) is 9.59 Å². The fourth-order valence-electron chi connectivity index (χ4n) is 5.14. The average molecular weight is 486 g/mol. The van der Waals surface area contributed by atoms with Crippen LogP contribution in [-0.2, 0) is 4.79 Å². The van der Waals surface area contributed by atoms with Gasteiger partial charge >= 0.3 is 5.78 Å². The second-order valence-electron chi connectivity index (χ2n) is 9.04. The lowest BCUT2D eigenvalue weighted by atomic mass is 9.76. The zero-order valence-electron chi connectivity index (χ0n) is 20.0. The minimum atomic E-state index is -0.779. The second-order valence-corrected chi connectivity index (χ2v) is 9.04. The molecule has 1 aromatic heterocycles. The van der Waals surface area contributed by atoms with E-state index in [-0.39, 0.29) is 11.7 Å². The largest absolute Gasteiger partial charge is 0.383 e. The van der Waals surface area contributed by atoms with E-state index < -0.39 is 11.8 Å². The van der Waals surface area contributed by atoms with Crippen LogP contribution in [0.4, 0.5) is 11.5 Å². The van der Waals surface area contributed by atoms with Gasteiger partial charge in [-0.2, -0.15) is 5.10 Å². The topological polar surface area (TPSA) is 94.3 Å². The van der Waals surface area contributed by atoms with Gasteiger partial charge in [-0.25, -0.2) is 4.68 Å². The van der Waals surface area contributed by atoms with Gasteiger partial charge < -0.3 is 11.1 Å². The van der Waals surface area contributed by atoms with Gasteiger partial charge in [0.2, 0.25) is 5.91 Å². The van der Waals surface area contributed by atoms with Crippen molar-refractivity contribution in [1.29, 1.82) is 0 Å². The zero-order chi connectivity index (χ0) is 25.4. The highest BCUT2D eigenvalue weighted by Gasteiger charge is 2.47. The standard InChI is InChI=1S/C31H24N4O2/c32-30-27(28(20-12-4-1-5-13-20)34-35(30)22-16-8-3-9-17-22)26(29(36)21-14-6-2-7-15-21)25-23-18-10-11-19-24(23)33-31(25)37/h1-19,25-26H,32H2,(H,33,37)/p+1. The molecule has 6 nitrogen and oxygen atoms in total. The number of hydrogen-bond donors (Lipinski definition) is 2. The molecule has 6 heteroatoms. The minimum Gasteiger partial charge on any atom is -0.383 e. The van der Waals surface area contributed by atoms with Crippen molar-refractivity contribution in [2.24, 2.45) is 0 Å². The van der Waals surface area contributed by atoms with Crippen molar-refractivity contribution >= 4 is 23.2 Å². The fraction of sp³-hybridized carbons (Fsp3) is 0.0645. The Kier molecular flexibility index (Phi) is 5.62. The minimum absolute atomic E-state index is 0.0638. The van der Waals surface area contributed by atoms with Crippen LogP contribution in [0, 0.1) is 0 Å². The molecular formula is C31H25N4O2+. The molecule has 1 aliphatic rings. The number of ketones is 1. The molecule has 6 rings (SSSR count). The summed E-state index contributed by atoms with van der Waals surface area (Å²) in [4.78, 5) is 25.4. The van der Waals surface area contributed by atoms with E-state index in [2.05, 4.69) is 5.32 Å². The van der Waals surface area contributed by atoms with Crippen LogP contribution in [0.3, 0.4) is 0 Å². The summed E-state index contributed by atoms with van der Waals surface area (Å²) in [5, 5.41) is 7.92. The molecule has 0 fully saturated rings. The number of carbonyl (C=O) groups excluding carboxylic acids is 2. The average Bonchev–Trinajstić information content (AvgIpc) is 3.47. The Labute approximate surface area is 214 Å². The Morgan fingerprint density at radius 1 is 0.838 bits per heavy atom. The Hall–Kier alpha value is -4.97. The van der Waals surface area contributed by atoms with Crippen molar-refractivity contribution in [1.82, 2.24) is 9.78 Å². The Balaban J connectivity index is 1.64. The van der Waals surface area contributed by atoms with Crippen molar-refractivity contribution in [3.8, 4) is 16.9 Å². The molecule has 180 valence electrons. The van der Waals surface area contributed by atoms with Gasteiger partial charge in [-0.3, -0.25) is 9.59 Å². The first-order valence-corrected chi connectivity index (χ1v) is 12.1. The van der Waals surface area contributed by atoms with Gasteiger partial charge in [0.15, 0.2) is 0 Å². The summed E-state index contributed by atoms with van der Waals surface area (Å²) in [6.45, 7) is 0. The summed E-state index contributed by atoms with van der Waals surface area (Å²) < 4.78 is 1.68. The number of anilines is 2. The quantitative estimate of drug-likeness (QED) is 0.244. The molecule has 0 bridgehead atoms. The Morgan fingerprint density at radius 3 is 2.14 bits per heavy atom. The maximum atomic E-state index is 13.5. The van der Waals surface area contributed by atoms with Crippen LogP contribution in [-0.4, -0.2) is 26.3 Å². The van der Waals surface area contributed by atoms with Gasteiger partial charge in [0.25, 0.3) is 0 Å². The number of carbonyl (C=O) groups is 1. The Bertz CT molecular complexity index is 1590. The predicted octanol–water partition coefficient (Wildman–Crippen LogP) is 5.53. The smallest absolute Gasteiger partial charge is 0.332 e. The van der Waals surface area contributed by atoms with Crippen LogP contribution >= 0.6 is 0 Å². The molecule has 0 radical (unpaired) electrons. The first-order valence-electron chi connectivity index (χ1n) is 12.1. The van der Waals surface area contributed by atoms with Crippen LogP contribution in [0.15, 0.2) is 115 Å². The summed E-state index contributed by atoms with van der Waals surface area (Å²) in [7, 11) is 0. The molecule has 5 aromatic rings. The molecule has 1 aliphatic heterocycles. The SMILES string of the molecule is Nc1c(C(C(=[OH+])c2ccccc2)C2C(=O)Nc3ccccc32)c(-c2ccccc2)nn1-c1ccccc1. The van der Waals surface area contributed by atoms with Crippen LogP contribution in [0.25, 0.3) is 16.9 Å². The highest BCUT2D eigenvalue weighted by Crippen LogP contribution is 2.47. The monoisotopic (exact) mass is 485 g/mol. The molecule has 2 unspecified atom stereocenters. The van der Waals surface area contributed by atoms with Gasteiger partial charge in [0.05, 0.1) is 22.9 Å². The fourth-order valence-corrected chi connectivity index (χ4v) is 5.14. The van der Waals surface area contributed by atoms with Gasteiger partial charge in [-0.1, -0.05) is 84.9 Å². The van der Waals surface area contributed by atoms with Crippen LogP contribution in [0.1, 0.15) is 28.5 Å². The summed E-state index contributed by atoms with van der Waals surface area (Å²) in [6, 6.07) is 36.2. The van der Waals surface area contributed by atoms with E-state index in [1.165, 1.54) is 0 Å². The highest BCUT2D eigenvalue weighted by molar-refractivity contribution is 6.12. The van der Waals surface area contributed by atoms with Gasteiger partial charge in [0, 0.05) is 16.8 Å². The normalized spacial score (nSPS) is 15.1. The Morgan fingerprint density at radius 2 is 1.43 bits per heavy atom. The number of rotatable bonds is 6. The van der Waals surface area contributed by atoms with E-state index in [1.807, 2.05) is 115 Å². The van der Waals surface area contributed by atoms with Crippen molar-refractivity contribution in [3.63, 3.8) is 0 Å². The molecule has 0 saturated heterocycles. The summed E-state index contributed by atoms with van der Waals surface area (Å²) >= 11 is 0. The third kappa shape index (κ3) is 3.89. The van der Waals surface area contributed by atoms with Gasteiger partial charge in [0.1, 0.15) is 11.7 Å². The molecule has 0 aliphatic carbocycles. The molecule has 37 heavy (non-hydrogen) atoms. The zero-order valence-corrected chi connectivity index (χ0v) is 20.0. The van der Waals surface area contributed by atoms with Gasteiger partial charge in [-0.05, 0) is 35.9 Å². The molecule has 4 N–H and O–H groups in total. The van der Waals surface area contributed by atoms with E-state index in [4.69, 9.17) is 10.8 Å². The maximum Gasteiger partial charge on any atom is 0.332 e. The lowest BCUT2D eigenvalue weighted by Gasteiger charge is -2.20. The van der Waals surface area contributed by atoms with Crippen molar-refractivity contribution in [3.05, 3.63) is 132 Å². The van der Waals surface area contributed by atoms with Crippen LogP contribution in [0.2, 0.25) is 0 Å². The second kappa shape index (κ2) is 9.24. The summed E-state index contributed by atoms with van der Waals surface area (Å²) in [6.07, 6.45) is 0. The lowest BCUT2D eigenvalue weighted by Crippen LogP contribution is -2.27. The number of fused-ring (bicyclic) bond motifs is 1. The molecule has 4 aromatic carbocycles. The molecule has 0 spiro atoms. The third-order valence-electron chi connectivity index (χ3n) is 6.85. The van der Waals surface area contributed by atoms with Crippen LogP contribution < -0.4 is 11.1 Å². The molecule has 2 heterocycles. The van der Waals surface area contributed by atoms with Crippen molar-refractivity contribution < 1.29 is 9.59 Å². The van der Waals surface area contributed by atoms with E-state index >= 15 is 0 Å². The van der Waals surface area contributed by atoms with Crippen LogP contribution in [0.5, 0.6) is 0 Å². The van der Waals surface area contributed by atoms with E-state index in [0.717, 1.165) is 22.5 Å². The molecular weight excluding hydrogens is 460 g/mol. The number of nitrogens with one attached hydrogen (secondary N) is 1. The number of amides is 1. The molecule has 0 saturated carbocycles.